The van der Waals surface area contributed by atoms with E-state index in [1.165, 1.54) is 0 Å². The average Bonchev–Trinajstić information content (AvgIpc) is 3.18. The third-order valence-corrected chi connectivity index (χ3v) is 5.75. The summed E-state index contributed by atoms with van der Waals surface area (Å²) in [6, 6.07) is 3.70. The van der Waals surface area contributed by atoms with E-state index in [4.69, 9.17) is 4.99 Å². The van der Waals surface area contributed by atoms with Crippen molar-refractivity contribution in [2.45, 2.75) is 33.1 Å². The van der Waals surface area contributed by atoms with Crippen molar-refractivity contribution in [3.05, 3.63) is 51.2 Å². The van der Waals surface area contributed by atoms with Crippen LogP contribution in [0.5, 0.6) is 0 Å². The van der Waals surface area contributed by atoms with E-state index >= 15 is 0 Å². The molecule has 1 unspecified atom stereocenters. The standard InChI is InChI=1S/C22H23N5O2S/c1-3-8-23-21(28)15-5-4-6-16(10-15)26-20-19-14(7-9-24-22(19)29)11-17(27-20)18-12-30-13(2)25-18/h4,6-7,9,11-12,15H,3,5,8,10H2,1-2H3,(H,23,28)(H,24,29). The van der Waals surface area contributed by atoms with Crippen molar-refractivity contribution in [1.82, 2.24) is 20.3 Å². The lowest BCUT2D eigenvalue weighted by Gasteiger charge is -2.18. The predicted molar refractivity (Wildman–Crippen MR) is 120 cm³/mol. The summed E-state index contributed by atoms with van der Waals surface area (Å²) >= 11 is 1.55. The van der Waals surface area contributed by atoms with E-state index in [-0.39, 0.29) is 17.4 Å². The second kappa shape index (κ2) is 8.71. The van der Waals surface area contributed by atoms with Crippen molar-refractivity contribution in [2.24, 2.45) is 10.9 Å². The van der Waals surface area contributed by atoms with Crippen LogP contribution in [0.3, 0.4) is 0 Å². The van der Waals surface area contributed by atoms with E-state index in [0.29, 0.717) is 36.3 Å². The summed E-state index contributed by atoms with van der Waals surface area (Å²) in [4.78, 5) is 41.5. The van der Waals surface area contributed by atoms with Crippen LogP contribution in [0.4, 0.5) is 5.82 Å². The van der Waals surface area contributed by atoms with Crippen molar-refractivity contribution >= 4 is 39.5 Å². The number of carbonyl (C=O) groups excluding carboxylic acids is 1. The lowest BCUT2D eigenvalue weighted by atomic mass is 9.92. The fourth-order valence-corrected chi connectivity index (χ4v) is 4.08. The summed E-state index contributed by atoms with van der Waals surface area (Å²) in [5.74, 6) is 0.231. The van der Waals surface area contributed by atoms with E-state index in [1.807, 2.05) is 43.5 Å². The molecular formula is C22H23N5O2S. The van der Waals surface area contributed by atoms with Crippen LogP contribution < -0.4 is 10.9 Å². The van der Waals surface area contributed by atoms with Crippen LogP contribution in [0.15, 0.2) is 45.6 Å². The highest BCUT2D eigenvalue weighted by atomic mass is 32.1. The molecule has 0 spiro atoms. The molecule has 0 aromatic carbocycles. The van der Waals surface area contributed by atoms with Crippen LogP contribution in [0.1, 0.15) is 31.2 Å². The number of rotatable bonds is 5. The average molecular weight is 422 g/mol. The predicted octanol–water partition coefficient (Wildman–Crippen LogP) is 3.92. The minimum atomic E-state index is -0.239. The molecule has 3 aromatic rings. The van der Waals surface area contributed by atoms with Crippen molar-refractivity contribution in [3.63, 3.8) is 0 Å². The lowest BCUT2D eigenvalue weighted by Crippen LogP contribution is -2.33. The molecule has 30 heavy (non-hydrogen) atoms. The molecule has 154 valence electrons. The minimum absolute atomic E-state index is 0.0382. The maximum Gasteiger partial charge on any atom is 0.259 e. The molecule has 0 aliphatic heterocycles. The number of aromatic nitrogens is 3. The lowest BCUT2D eigenvalue weighted by molar-refractivity contribution is -0.124. The molecule has 1 aliphatic carbocycles. The molecular weight excluding hydrogens is 398 g/mol. The van der Waals surface area contributed by atoms with Gasteiger partial charge in [-0.15, -0.1) is 11.3 Å². The molecule has 2 N–H and O–H groups in total. The third-order valence-electron chi connectivity index (χ3n) is 4.97. The van der Waals surface area contributed by atoms with E-state index in [1.54, 1.807) is 17.5 Å². The molecule has 1 atom stereocenters. The zero-order valence-electron chi connectivity index (χ0n) is 16.9. The number of carbonyl (C=O) groups is 1. The number of fused-ring (bicyclic) bond motifs is 1. The topological polar surface area (TPSA) is 100 Å². The molecule has 0 bridgehead atoms. The van der Waals surface area contributed by atoms with E-state index in [2.05, 4.69) is 20.3 Å². The number of hydrogen-bond donors (Lipinski definition) is 2. The van der Waals surface area contributed by atoms with Crippen molar-refractivity contribution in [1.29, 1.82) is 0 Å². The summed E-state index contributed by atoms with van der Waals surface area (Å²) in [5.41, 5.74) is 1.94. The second-order valence-electron chi connectivity index (χ2n) is 7.29. The Balaban J connectivity index is 1.76. The van der Waals surface area contributed by atoms with Gasteiger partial charge in [-0.05, 0) is 43.4 Å². The number of nitrogens with one attached hydrogen (secondary N) is 2. The first-order chi connectivity index (χ1) is 14.5. The first-order valence-electron chi connectivity index (χ1n) is 10.0. The Kier molecular flexibility index (Phi) is 5.85. The first kappa shape index (κ1) is 20.2. The van der Waals surface area contributed by atoms with Crippen molar-refractivity contribution in [2.75, 3.05) is 6.54 Å². The van der Waals surface area contributed by atoms with Gasteiger partial charge in [0.1, 0.15) is 0 Å². The third kappa shape index (κ3) is 4.23. The maximum absolute atomic E-state index is 12.5. The van der Waals surface area contributed by atoms with Gasteiger partial charge < -0.3 is 10.3 Å². The number of aryl methyl sites for hydroxylation is 1. The molecule has 1 amide bonds. The molecule has 3 aromatic heterocycles. The van der Waals surface area contributed by atoms with Gasteiger partial charge in [0.05, 0.1) is 21.8 Å². The van der Waals surface area contributed by atoms with E-state index in [0.717, 1.165) is 28.2 Å². The van der Waals surface area contributed by atoms with Gasteiger partial charge in [-0.25, -0.2) is 15.0 Å². The number of aliphatic imine (C=N–C) groups is 1. The molecule has 7 nitrogen and oxygen atoms in total. The van der Waals surface area contributed by atoms with Gasteiger partial charge in [-0.3, -0.25) is 9.59 Å². The number of allylic oxidation sites excluding steroid dienone is 2. The van der Waals surface area contributed by atoms with Gasteiger partial charge >= 0.3 is 0 Å². The Morgan fingerprint density at radius 1 is 1.37 bits per heavy atom. The monoisotopic (exact) mass is 421 g/mol. The summed E-state index contributed by atoms with van der Waals surface area (Å²) in [6.07, 6.45) is 7.58. The summed E-state index contributed by atoms with van der Waals surface area (Å²) in [7, 11) is 0. The van der Waals surface area contributed by atoms with Crippen LogP contribution in [-0.4, -0.2) is 33.1 Å². The summed E-state index contributed by atoms with van der Waals surface area (Å²) < 4.78 is 0. The van der Waals surface area contributed by atoms with Gasteiger partial charge in [0.15, 0.2) is 5.82 Å². The number of nitrogens with zero attached hydrogens (tertiary/aromatic N) is 3. The number of H-pyrrole nitrogens is 1. The Morgan fingerprint density at radius 2 is 2.23 bits per heavy atom. The molecule has 0 saturated heterocycles. The highest BCUT2D eigenvalue weighted by Gasteiger charge is 2.22. The Hall–Kier alpha value is -3.13. The van der Waals surface area contributed by atoms with Gasteiger partial charge in [-0.1, -0.05) is 13.0 Å². The molecule has 0 saturated carbocycles. The first-order valence-corrected chi connectivity index (χ1v) is 10.9. The zero-order chi connectivity index (χ0) is 21.1. The quantitative estimate of drug-likeness (QED) is 0.652. The number of thiazole rings is 1. The molecule has 0 fully saturated rings. The van der Waals surface area contributed by atoms with Crippen LogP contribution in [0, 0.1) is 12.8 Å². The van der Waals surface area contributed by atoms with Gasteiger partial charge in [0, 0.05) is 36.2 Å². The zero-order valence-corrected chi connectivity index (χ0v) is 17.8. The van der Waals surface area contributed by atoms with Gasteiger partial charge in [-0.2, -0.15) is 0 Å². The van der Waals surface area contributed by atoms with Gasteiger partial charge in [0.2, 0.25) is 5.91 Å². The fraction of sp³-hybridized carbons (Fsp3) is 0.318. The summed E-state index contributed by atoms with van der Waals surface area (Å²) in [5, 5.41) is 7.04. The largest absolute Gasteiger partial charge is 0.356 e. The molecule has 8 heteroatoms. The van der Waals surface area contributed by atoms with E-state index in [9.17, 15) is 9.59 Å². The number of aromatic amines is 1. The Morgan fingerprint density at radius 3 is 3.00 bits per heavy atom. The molecule has 3 heterocycles. The molecule has 4 rings (SSSR count). The SMILES string of the molecule is CCCNC(=O)C1CC=CC(=Nc2nc(-c3csc(C)n3)cc3cc[nH]c(=O)c23)C1. The number of hydrogen-bond acceptors (Lipinski definition) is 6. The Bertz CT molecular complexity index is 1210. The van der Waals surface area contributed by atoms with Crippen molar-refractivity contribution in [3.8, 4) is 11.4 Å². The fourth-order valence-electron chi connectivity index (χ4n) is 3.47. The maximum atomic E-state index is 12.5. The van der Waals surface area contributed by atoms with Crippen molar-refractivity contribution < 1.29 is 4.79 Å². The van der Waals surface area contributed by atoms with Crippen LogP contribution in [0.25, 0.3) is 22.2 Å². The smallest absolute Gasteiger partial charge is 0.259 e. The van der Waals surface area contributed by atoms with Crippen LogP contribution in [0.2, 0.25) is 0 Å². The molecule has 1 aliphatic rings. The van der Waals surface area contributed by atoms with E-state index < -0.39 is 0 Å². The summed E-state index contributed by atoms with van der Waals surface area (Å²) in [6.45, 7) is 4.64. The minimum Gasteiger partial charge on any atom is -0.356 e. The normalized spacial score (nSPS) is 17.5. The van der Waals surface area contributed by atoms with Crippen LogP contribution in [-0.2, 0) is 4.79 Å². The highest BCUT2D eigenvalue weighted by Crippen LogP contribution is 2.29. The van der Waals surface area contributed by atoms with Crippen LogP contribution >= 0.6 is 11.3 Å². The number of amides is 1. The number of pyridine rings is 2. The van der Waals surface area contributed by atoms with Gasteiger partial charge in [0.25, 0.3) is 5.56 Å². The highest BCUT2D eigenvalue weighted by molar-refractivity contribution is 7.09. The Labute approximate surface area is 178 Å². The molecule has 0 radical (unpaired) electrons. The second-order valence-corrected chi connectivity index (χ2v) is 8.35.